The lowest BCUT2D eigenvalue weighted by molar-refractivity contribution is 1.09. The monoisotopic (exact) mass is 974 g/mol. The molecule has 0 bridgehead atoms. The van der Waals surface area contributed by atoms with Crippen molar-refractivity contribution in [2.75, 3.05) is 0 Å². The van der Waals surface area contributed by atoms with Crippen LogP contribution in [0.15, 0.2) is 231 Å². The van der Waals surface area contributed by atoms with Crippen LogP contribution in [0.3, 0.4) is 0 Å². The highest BCUT2D eigenvalue weighted by molar-refractivity contribution is 6.37. The third-order valence-corrected chi connectivity index (χ3v) is 17.1. The topological polar surface area (TPSA) is 64.4 Å². The molecular weight excluding hydrogens is 937 g/mol. The molecule has 6 heteroatoms. The van der Waals surface area contributed by atoms with Crippen LogP contribution in [0.5, 0.6) is 0 Å². The van der Waals surface area contributed by atoms with Crippen molar-refractivity contribution in [1.29, 1.82) is 5.26 Å². The van der Waals surface area contributed by atoms with Gasteiger partial charge in [0.1, 0.15) is 11.6 Å². The number of nitrogens with zero attached hydrogens (tertiary/aromatic N) is 6. The number of nitriles is 1. The van der Waals surface area contributed by atoms with Gasteiger partial charge >= 0.3 is 0 Å². The van der Waals surface area contributed by atoms with Crippen LogP contribution in [-0.4, -0.2) is 23.7 Å². The van der Waals surface area contributed by atoms with Crippen LogP contribution in [0.2, 0.25) is 0 Å². The van der Waals surface area contributed by atoms with Gasteiger partial charge in [0.2, 0.25) is 0 Å². The normalized spacial score (nSPS) is 12.4. The van der Waals surface area contributed by atoms with E-state index in [1.54, 1.807) is 0 Å². The van der Waals surface area contributed by atoms with Crippen LogP contribution >= 0.6 is 0 Å². The highest BCUT2D eigenvalue weighted by Gasteiger charge is 2.35. The predicted molar refractivity (Wildman–Crippen MR) is 319 cm³/mol. The number of pyridine rings is 2. The second-order valence-corrected chi connectivity index (χ2v) is 20.6. The van der Waals surface area contributed by atoms with Gasteiger partial charge in [-0.1, -0.05) is 158 Å². The van der Waals surface area contributed by atoms with Crippen LogP contribution in [0, 0.1) is 11.3 Å². The Bertz CT molecular complexity index is 5070. The van der Waals surface area contributed by atoms with Crippen molar-refractivity contribution in [3.05, 3.63) is 237 Å². The van der Waals surface area contributed by atoms with E-state index in [9.17, 15) is 5.26 Å². The summed E-state index contributed by atoms with van der Waals surface area (Å²) >= 11 is 0. The molecule has 5 aromatic heterocycles. The molecule has 0 unspecified atom stereocenters. The van der Waals surface area contributed by atoms with Crippen LogP contribution in [-0.2, 0) is 0 Å². The van der Waals surface area contributed by atoms with E-state index in [1.165, 1.54) is 32.3 Å². The smallest absolute Gasteiger partial charge is 0.104 e. The Morgan fingerprint density at radius 2 is 0.558 bits per heavy atom. The Hall–Kier alpha value is -10.6. The van der Waals surface area contributed by atoms with E-state index >= 15 is 0 Å². The summed E-state index contributed by atoms with van der Waals surface area (Å²) in [6.45, 7) is 0. The van der Waals surface area contributed by atoms with Gasteiger partial charge < -0.3 is 13.7 Å². The van der Waals surface area contributed by atoms with Crippen molar-refractivity contribution in [3.8, 4) is 45.4 Å². The van der Waals surface area contributed by atoms with Crippen molar-refractivity contribution in [3.63, 3.8) is 0 Å². The number of fused-ring (bicyclic) bond motifs is 9. The standard InChI is InChI=1S/C71H38N6/c72-37-52-69(75-55-27-11-23-48-44-33-35-73-38-53(44)50-25-13-29-57(75)67(50)65(48)55)61(40-15-3-1-4-16-40)71(77-59-31-9-21-46-42-19-7-8-20-43(42)47-22-10-32-60(77)64(47)63(46)59)62(41-17-5-2-6-18-41)70(52)76-56-28-12-24-49-45-34-36-74-39-54(45)51-26-14-30-58(76)68(51)66(49)56/h1-36,38-39H. The molecule has 0 fully saturated rings. The minimum atomic E-state index is 0.561. The Balaban J connectivity index is 1.17. The van der Waals surface area contributed by atoms with Gasteiger partial charge in [-0.3, -0.25) is 9.97 Å². The number of benzene rings is 13. The molecule has 0 spiro atoms. The van der Waals surface area contributed by atoms with Crippen LogP contribution in [0.25, 0.3) is 169 Å². The summed E-state index contributed by atoms with van der Waals surface area (Å²) in [5, 5.41) is 33.8. The summed E-state index contributed by atoms with van der Waals surface area (Å²) in [6.07, 6.45) is 7.81. The highest BCUT2D eigenvalue weighted by atomic mass is 15.1. The minimum absolute atomic E-state index is 0.561. The summed E-state index contributed by atoms with van der Waals surface area (Å²) in [4.78, 5) is 9.37. The van der Waals surface area contributed by atoms with E-state index in [0.717, 1.165) is 137 Å². The summed E-state index contributed by atoms with van der Waals surface area (Å²) in [7, 11) is 0. The van der Waals surface area contributed by atoms with Crippen molar-refractivity contribution < 1.29 is 0 Å². The molecule has 0 saturated heterocycles. The maximum Gasteiger partial charge on any atom is 0.104 e. The molecule has 5 heterocycles. The Morgan fingerprint density at radius 1 is 0.273 bits per heavy atom. The number of aromatic nitrogens is 5. The average Bonchev–Trinajstić information content (AvgIpc) is 4.32. The Labute approximate surface area is 438 Å². The SMILES string of the molecule is N#Cc1c(-n2c3cccc4c5ccncc5c5cccc2c5c43)c(-c2ccccc2)c(-n2c3cccc4c5ccccc5c5cccc2c5c43)c(-c2ccccc2)c1-n1c2cccc3c4ccncc4c4cccc1c4c32. The fourth-order valence-electron chi connectivity index (χ4n) is 14.3. The number of hydrogen-bond acceptors (Lipinski definition) is 3. The van der Waals surface area contributed by atoms with E-state index < -0.39 is 0 Å². The second kappa shape index (κ2) is 14.8. The van der Waals surface area contributed by atoms with E-state index in [-0.39, 0.29) is 0 Å². The number of rotatable bonds is 5. The van der Waals surface area contributed by atoms with Crippen molar-refractivity contribution >= 4 is 130 Å². The molecule has 77 heavy (non-hydrogen) atoms. The molecule has 6 nitrogen and oxygen atoms in total. The molecule has 0 aliphatic carbocycles. The van der Waals surface area contributed by atoms with Crippen LogP contribution < -0.4 is 0 Å². The largest absolute Gasteiger partial charge is 0.308 e. The molecule has 13 aromatic carbocycles. The fraction of sp³-hybridized carbons (Fsp3) is 0. The maximum absolute atomic E-state index is 12.8. The second-order valence-electron chi connectivity index (χ2n) is 20.6. The van der Waals surface area contributed by atoms with Gasteiger partial charge in [0.05, 0.1) is 50.2 Å². The maximum atomic E-state index is 12.8. The van der Waals surface area contributed by atoms with Crippen molar-refractivity contribution in [2.24, 2.45) is 0 Å². The summed E-state index contributed by atoms with van der Waals surface area (Å²) in [5.41, 5.74) is 13.3. The summed E-state index contributed by atoms with van der Waals surface area (Å²) < 4.78 is 7.42. The lowest BCUT2D eigenvalue weighted by atomic mass is 9.88. The van der Waals surface area contributed by atoms with E-state index in [4.69, 9.17) is 0 Å². The zero-order valence-electron chi connectivity index (χ0n) is 41.1. The van der Waals surface area contributed by atoms with E-state index in [1.807, 2.05) is 24.8 Å². The first-order chi connectivity index (χ1) is 38.3. The molecule has 0 amide bonds. The zero-order valence-corrected chi connectivity index (χ0v) is 41.1. The fourth-order valence-corrected chi connectivity index (χ4v) is 14.3. The Kier molecular flexibility index (Phi) is 7.84. The molecule has 0 aliphatic heterocycles. The Morgan fingerprint density at radius 3 is 0.896 bits per heavy atom. The third kappa shape index (κ3) is 5.04. The molecule has 0 N–H and O–H groups in total. The lowest BCUT2D eigenvalue weighted by Crippen LogP contribution is -2.13. The van der Waals surface area contributed by atoms with Crippen molar-refractivity contribution in [2.45, 2.75) is 0 Å². The number of hydrogen-bond donors (Lipinski definition) is 0. The molecule has 18 rings (SSSR count). The molecule has 18 aromatic rings. The molecule has 0 saturated carbocycles. The van der Waals surface area contributed by atoms with Gasteiger partial charge in [0, 0.05) is 79.0 Å². The van der Waals surface area contributed by atoms with Crippen LogP contribution in [0.4, 0.5) is 0 Å². The molecule has 0 atom stereocenters. The van der Waals surface area contributed by atoms with Gasteiger partial charge in [-0.2, -0.15) is 5.26 Å². The first-order valence-corrected chi connectivity index (χ1v) is 26.2. The van der Waals surface area contributed by atoms with Gasteiger partial charge in [0.25, 0.3) is 0 Å². The van der Waals surface area contributed by atoms with Gasteiger partial charge in [-0.15, -0.1) is 0 Å². The van der Waals surface area contributed by atoms with Crippen LogP contribution in [0.1, 0.15) is 5.56 Å². The zero-order chi connectivity index (χ0) is 50.2. The molecule has 352 valence electrons. The molecule has 0 aliphatic rings. The summed E-state index contributed by atoms with van der Waals surface area (Å²) in [5.74, 6) is 0. The van der Waals surface area contributed by atoms with Gasteiger partial charge in [0.15, 0.2) is 0 Å². The molecular formula is C71H38N6. The molecule has 0 radical (unpaired) electrons. The van der Waals surface area contributed by atoms with E-state index in [2.05, 4.69) is 236 Å². The third-order valence-electron chi connectivity index (χ3n) is 17.1. The van der Waals surface area contributed by atoms with Gasteiger partial charge in [-0.25, -0.2) is 0 Å². The highest BCUT2D eigenvalue weighted by Crippen LogP contribution is 2.55. The predicted octanol–water partition coefficient (Wildman–Crippen LogP) is 18.2. The first kappa shape index (κ1) is 40.8. The van der Waals surface area contributed by atoms with Crippen molar-refractivity contribution in [1.82, 2.24) is 23.7 Å². The first-order valence-electron chi connectivity index (χ1n) is 26.2. The minimum Gasteiger partial charge on any atom is -0.308 e. The van der Waals surface area contributed by atoms with Gasteiger partial charge in [-0.05, 0) is 114 Å². The van der Waals surface area contributed by atoms with E-state index in [0.29, 0.717) is 5.56 Å². The quantitative estimate of drug-likeness (QED) is 0.161. The lowest BCUT2D eigenvalue weighted by Gasteiger charge is -2.28. The average molecular weight is 975 g/mol. The summed E-state index contributed by atoms with van der Waals surface area (Å²) in [6, 6.07) is 78.1.